The number of nitrogens with zero attached hydrogens (tertiary/aromatic N) is 2. The van der Waals surface area contributed by atoms with Gasteiger partial charge in [-0.1, -0.05) is 41.9 Å². The number of fused-ring (bicyclic) bond motifs is 1. The first kappa shape index (κ1) is 11.3. The SMILES string of the molecule is CN1CC(c2ccccc2)=Nc2cc(Cl)ccc21. The molecule has 1 heterocycles. The quantitative estimate of drug-likeness (QED) is 0.755. The predicted octanol–water partition coefficient (Wildman–Crippen LogP) is 3.91. The Bertz CT molecular complexity index is 605. The molecule has 0 radical (unpaired) electrons. The number of anilines is 1. The molecule has 0 amide bonds. The van der Waals surface area contributed by atoms with E-state index in [1.165, 1.54) is 0 Å². The molecule has 0 saturated carbocycles. The van der Waals surface area contributed by atoms with E-state index in [2.05, 4.69) is 24.1 Å². The molecular weight excluding hydrogens is 244 g/mol. The molecular formula is C15H13ClN2. The number of rotatable bonds is 1. The third-order valence-corrected chi connectivity index (χ3v) is 3.33. The van der Waals surface area contributed by atoms with Gasteiger partial charge >= 0.3 is 0 Å². The van der Waals surface area contributed by atoms with Crippen LogP contribution in [0.4, 0.5) is 11.4 Å². The number of hydrogen-bond donors (Lipinski definition) is 0. The highest BCUT2D eigenvalue weighted by molar-refractivity contribution is 6.31. The van der Waals surface area contributed by atoms with Crippen LogP contribution in [0.1, 0.15) is 5.56 Å². The van der Waals surface area contributed by atoms with E-state index in [0.717, 1.165) is 34.2 Å². The van der Waals surface area contributed by atoms with E-state index in [4.69, 9.17) is 16.6 Å². The molecule has 0 saturated heterocycles. The van der Waals surface area contributed by atoms with Gasteiger partial charge in [-0.25, -0.2) is 4.99 Å². The van der Waals surface area contributed by atoms with Crippen LogP contribution in [0.2, 0.25) is 5.02 Å². The molecule has 1 aliphatic heterocycles. The second-order valence-corrected chi connectivity index (χ2v) is 4.85. The molecule has 18 heavy (non-hydrogen) atoms. The Kier molecular flexibility index (Phi) is 2.80. The lowest BCUT2D eigenvalue weighted by molar-refractivity contribution is 1.04. The molecule has 0 spiro atoms. The molecule has 2 aromatic rings. The zero-order valence-corrected chi connectivity index (χ0v) is 10.9. The van der Waals surface area contributed by atoms with Crippen molar-refractivity contribution in [2.24, 2.45) is 4.99 Å². The second-order valence-electron chi connectivity index (χ2n) is 4.41. The van der Waals surface area contributed by atoms with E-state index in [9.17, 15) is 0 Å². The van der Waals surface area contributed by atoms with Crippen LogP contribution in [0, 0.1) is 0 Å². The van der Waals surface area contributed by atoms with Crippen LogP contribution in [0.15, 0.2) is 53.5 Å². The third-order valence-electron chi connectivity index (χ3n) is 3.10. The summed E-state index contributed by atoms with van der Waals surface area (Å²) < 4.78 is 0. The first-order chi connectivity index (χ1) is 8.74. The maximum atomic E-state index is 6.03. The van der Waals surface area contributed by atoms with Crippen molar-refractivity contribution in [3.05, 3.63) is 59.1 Å². The average Bonchev–Trinajstić information content (AvgIpc) is 2.39. The zero-order valence-electron chi connectivity index (χ0n) is 10.1. The number of benzene rings is 2. The second kappa shape index (κ2) is 4.46. The molecule has 3 rings (SSSR count). The van der Waals surface area contributed by atoms with Gasteiger partial charge in [0.25, 0.3) is 0 Å². The van der Waals surface area contributed by atoms with Gasteiger partial charge in [0, 0.05) is 12.1 Å². The fourth-order valence-electron chi connectivity index (χ4n) is 2.19. The summed E-state index contributed by atoms with van der Waals surface area (Å²) in [4.78, 5) is 6.91. The van der Waals surface area contributed by atoms with Gasteiger partial charge in [0.1, 0.15) is 0 Å². The summed E-state index contributed by atoms with van der Waals surface area (Å²) in [5.74, 6) is 0. The normalized spacial score (nSPS) is 14.1. The molecule has 0 atom stereocenters. The molecule has 0 fully saturated rings. The molecule has 2 nitrogen and oxygen atoms in total. The summed E-state index contributed by atoms with van der Waals surface area (Å²) >= 11 is 6.03. The summed E-state index contributed by atoms with van der Waals surface area (Å²) in [6.07, 6.45) is 0. The van der Waals surface area contributed by atoms with Crippen LogP contribution in [0.3, 0.4) is 0 Å². The van der Waals surface area contributed by atoms with E-state index in [1.54, 1.807) is 0 Å². The molecule has 0 unspecified atom stereocenters. The average molecular weight is 257 g/mol. The maximum absolute atomic E-state index is 6.03. The predicted molar refractivity (Wildman–Crippen MR) is 77.4 cm³/mol. The van der Waals surface area contributed by atoms with Crippen LogP contribution in [0.25, 0.3) is 0 Å². The van der Waals surface area contributed by atoms with Gasteiger partial charge in [-0.3, -0.25) is 0 Å². The van der Waals surface area contributed by atoms with Crippen LogP contribution in [-0.4, -0.2) is 19.3 Å². The monoisotopic (exact) mass is 256 g/mol. The van der Waals surface area contributed by atoms with Gasteiger partial charge in [0.15, 0.2) is 0 Å². The van der Waals surface area contributed by atoms with Gasteiger partial charge in [-0.2, -0.15) is 0 Å². The largest absolute Gasteiger partial charge is 0.367 e. The highest BCUT2D eigenvalue weighted by Gasteiger charge is 2.17. The minimum atomic E-state index is 0.722. The van der Waals surface area contributed by atoms with Crippen molar-refractivity contribution in [3.63, 3.8) is 0 Å². The number of halogens is 1. The summed E-state index contributed by atoms with van der Waals surface area (Å²) in [5.41, 5.74) is 4.30. The standard InChI is InChI=1S/C15H13ClN2/c1-18-10-14(11-5-3-2-4-6-11)17-13-9-12(16)7-8-15(13)18/h2-9H,10H2,1H3. The molecule has 1 aliphatic rings. The highest BCUT2D eigenvalue weighted by atomic mass is 35.5. The number of aliphatic imine (C=N–C) groups is 1. The fraction of sp³-hybridized carbons (Fsp3) is 0.133. The Morgan fingerprint density at radius 3 is 2.67 bits per heavy atom. The summed E-state index contributed by atoms with van der Waals surface area (Å²) in [7, 11) is 2.07. The van der Waals surface area contributed by atoms with Crippen molar-refractivity contribution >= 4 is 28.7 Å². The summed E-state index contributed by atoms with van der Waals surface area (Å²) in [6.45, 7) is 0.818. The van der Waals surface area contributed by atoms with E-state index in [1.807, 2.05) is 36.4 Å². The van der Waals surface area contributed by atoms with Gasteiger partial charge in [0.05, 0.1) is 23.6 Å². The van der Waals surface area contributed by atoms with Crippen LogP contribution < -0.4 is 4.90 Å². The van der Waals surface area contributed by atoms with E-state index >= 15 is 0 Å². The van der Waals surface area contributed by atoms with Gasteiger partial charge in [-0.05, 0) is 23.8 Å². The van der Waals surface area contributed by atoms with E-state index < -0.39 is 0 Å². The third kappa shape index (κ3) is 2.00. The van der Waals surface area contributed by atoms with Crippen molar-refractivity contribution in [2.45, 2.75) is 0 Å². The molecule has 2 aromatic carbocycles. The zero-order chi connectivity index (χ0) is 12.5. The Balaban J connectivity index is 2.10. The van der Waals surface area contributed by atoms with Gasteiger partial charge < -0.3 is 4.90 Å². The fourth-order valence-corrected chi connectivity index (χ4v) is 2.35. The number of likely N-dealkylation sites (N-methyl/N-ethyl adjacent to an activating group) is 1. The van der Waals surface area contributed by atoms with Crippen molar-refractivity contribution in [1.29, 1.82) is 0 Å². The molecule has 0 aromatic heterocycles. The Morgan fingerprint density at radius 2 is 1.89 bits per heavy atom. The van der Waals surface area contributed by atoms with Crippen molar-refractivity contribution < 1.29 is 0 Å². The van der Waals surface area contributed by atoms with Crippen molar-refractivity contribution in [1.82, 2.24) is 0 Å². The molecule has 3 heteroatoms. The lowest BCUT2D eigenvalue weighted by Gasteiger charge is -2.26. The minimum absolute atomic E-state index is 0.722. The van der Waals surface area contributed by atoms with Crippen molar-refractivity contribution in [2.75, 3.05) is 18.5 Å². The topological polar surface area (TPSA) is 15.6 Å². The molecule has 0 bridgehead atoms. The smallest absolute Gasteiger partial charge is 0.0882 e. The first-order valence-electron chi connectivity index (χ1n) is 5.88. The van der Waals surface area contributed by atoms with Crippen LogP contribution in [-0.2, 0) is 0 Å². The van der Waals surface area contributed by atoms with Gasteiger partial charge in [0.2, 0.25) is 0 Å². The van der Waals surface area contributed by atoms with Gasteiger partial charge in [-0.15, -0.1) is 0 Å². The Labute approximate surface area is 112 Å². The van der Waals surface area contributed by atoms with Crippen LogP contribution >= 0.6 is 11.6 Å². The molecule has 0 N–H and O–H groups in total. The highest BCUT2D eigenvalue weighted by Crippen LogP contribution is 2.34. The first-order valence-corrected chi connectivity index (χ1v) is 6.25. The lowest BCUT2D eigenvalue weighted by atomic mass is 10.1. The maximum Gasteiger partial charge on any atom is 0.0882 e. The Hall–Kier alpha value is -1.80. The number of hydrogen-bond acceptors (Lipinski definition) is 2. The van der Waals surface area contributed by atoms with Crippen LogP contribution in [0.5, 0.6) is 0 Å². The lowest BCUT2D eigenvalue weighted by Crippen LogP contribution is -2.28. The minimum Gasteiger partial charge on any atom is -0.367 e. The van der Waals surface area contributed by atoms with E-state index in [0.29, 0.717) is 0 Å². The summed E-state index contributed by atoms with van der Waals surface area (Å²) in [6, 6.07) is 16.1. The van der Waals surface area contributed by atoms with E-state index in [-0.39, 0.29) is 0 Å². The van der Waals surface area contributed by atoms with Crippen molar-refractivity contribution in [3.8, 4) is 0 Å². The summed E-state index contributed by atoms with van der Waals surface area (Å²) in [5, 5.41) is 0.722. The Morgan fingerprint density at radius 1 is 1.11 bits per heavy atom. The molecule has 0 aliphatic carbocycles. The molecule has 90 valence electrons.